The molecule has 54 heavy (non-hydrogen) atoms. The number of nitrogens with one attached hydrogen (secondary N) is 4. The van der Waals surface area contributed by atoms with Crippen LogP contribution < -0.4 is 10.7 Å². The van der Waals surface area contributed by atoms with Gasteiger partial charge in [0.1, 0.15) is 11.9 Å². The highest BCUT2D eigenvalue weighted by Gasteiger charge is 2.37. The summed E-state index contributed by atoms with van der Waals surface area (Å²) in [4.78, 5) is 65.2. The molecule has 0 radical (unpaired) electrons. The maximum Gasteiger partial charge on any atom is 0.407 e. The number of alkyl carbamates (subject to hydrolysis) is 1. The van der Waals surface area contributed by atoms with E-state index < -0.39 is 12.1 Å². The fraction of sp³-hybridized carbons (Fsp3) is 0.463. The maximum atomic E-state index is 13.4. The van der Waals surface area contributed by atoms with Gasteiger partial charge in [0.05, 0.1) is 43.3 Å². The third kappa shape index (κ3) is 11.0. The number of nitrogens with zero attached hydrogens (tertiary/aromatic N) is 4. The number of H-pyrrole nitrogens is 2. The van der Waals surface area contributed by atoms with Crippen molar-refractivity contribution in [2.24, 2.45) is 11.8 Å². The predicted octanol–water partition coefficient (Wildman–Crippen LogP) is 6.98. The van der Waals surface area contributed by atoms with Crippen LogP contribution in [0.25, 0.3) is 22.4 Å². The number of rotatable bonds is 11. The fourth-order valence-electron chi connectivity index (χ4n) is 6.67. The van der Waals surface area contributed by atoms with E-state index in [0.29, 0.717) is 6.54 Å². The van der Waals surface area contributed by atoms with E-state index in [9.17, 15) is 19.2 Å². The van der Waals surface area contributed by atoms with Gasteiger partial charge in [0, 0.05) is 25.4 Å². The van der Waals surface area contributed by atoms with Crippen molar-refractivity contribution in [3.8, 4) is 11.3 Å². The molecule has 2 aliphatic rings. The van der Waals surface area contributed by atoms with Gasteiger partial charge in [0.15, 0.2) is 0 Å². The van der Waals surface area contributed by atoms with Gasteiger partial charge in [-0.15, -0.1) is 0 Å². The lowest BCUT2D eigenvalue weighted by molar-refractivity contribution is -0.144. The van der Waals surface area contributed by atoms with Crippen LogP contribution in [0.2, 0.25) is 0 Å². The second-order valence-corrected chi connectivity index (χ2v) is 14.4. The Bertz CT molecular complexity index is 1770. The largest absolute Gasteiger partial charge is 0.453 e. The smallest absolute Gasteiger partial charge is 0.407 e. The Kier molecular flexibility index (Phi) is 15.0. The van der Waals surface area contributed by atoms with Crippen LogP contribution in [0.15, 0.2) is 68.3 Å². The van der Waals surface area contributed by atoms with Gasteiger partial charge in [-0.25, -0.2) is 14.8 Å². The van der Waals surface area contributed by atoms with Gasteiger partial charge in [0.2, 0.25) is 17.7 Å². The number of likely N-dealkylation sites (tertiary alicyclic amines) is 1. The van der Waals surface area contributed by atoms with Crippen LogP contribution in [-0.4, -0.2) is 79.4 Å². The van der Waals surface area contributed by atoms with Crippen molar-refractivity contribution >= 4 is 35.0 Å². The standard InChI is InChI=1S/C29H34N6O3.C12H22N2O2/c1-18(2)26(34-29(37)38-5)28(36)35-14-6-7-25(35)27-31-16-24(33-27)22-12-10-21(11-13-22)19(3)8-9-20(4)23-15-30-17-32-23;1-9(2)14(10(3)15)13-12(16)11-7-5-4-6-8-11/h8-13,15-18,25-26H,3-4,6-7,14H2,1-2,5H3,(H,30,32)(H,31,33)(H,34,37);9,11H,4-8H2,1-3H3,(H,13,16)/b9-8-;. The van der Waals surface area contributed by atoms with Gasteiger partial charge in [-0.1, -0.05) is 82.7 Å². The normalized spacial score (nSPS) is 16.4. The van der Waals surface area contributed by atoms with Gasteiger partial charge in [-0.2, -0.15) is 0 Å². The van der Waals surface area contributed by atoms with Gasteiger partial charge < -0.3 is 24.9 Å². The van der Waals surface area contributed by atoms with Crippen LogP contribution in [0.5, 0.6) is 0 Å². The van der Waals surface area contributed by atoms with Gasteiger partial charge in [-0.05, 0) is 67.7 Å². The summed E-state index contributed by atoms with van der Waals surface area (Å²) >= 11 is 0. The summed E-state index contributed by atoms with van der Waals surface area (Å²) < 4.78 is 4.71. The first-order chi connectivity index (χ1) is 25.8. The first kappa shape index (κ1) is 41.3. The molecule has 2 aromatic heterocycles. The average molecular weight is 741 g/mol. The Morgan fingerprint density at radius 2 is 1.65 bits per heavy atom. The van der Waals surface area contributed by atoms with Crippen molar-refractivity contribution in [3.63, 3.8) is 0 Å². The molecule has 290 valence electrons. The molecule has 1 saturated carbocycles. The predicted molar refractivity (Wildman–Crippen MR) is 210 cm³/mol. The molecule has 0 bridgehead atoms. The number of benzene rings is 1. The van der Waals surface area contributed by atoms with Gasteiger partial charge >= 0.3 is 6.09 Å². The first-order valence-electron chi connectivity index (χ1n) is 18.8. The molecular weight excluding hydrogens is 685 g/mol. The molecule has 1 aliphatic heterocycles. The zero-order chi connectivity index (χ0) is 39.4. The van der Waals surface area contributed by atoms with Crippen LogP contribution in [0.4, 0.5) is 4.79 Å². The average Bonchev–Trinajstić information content (AvgIpc) is 3.98. The highest BCUT2D eigenvalue weighted by atomic mass is 16.5. The summed E-state index contributed by atoms with van der Waals surface area (Å²) in [6, 6.07) is 7.22. The van der Waals surface area contributed by atoms with Crippen molar-refractivity contribution < 1.29 is 23.9 Å². The Balaban J connectivity index is 0.000000340. The zero-order valence-corrected chi connectivity index (χ0v) is 32.5. The Morgan fingerprint density at radius 3 is 2.24 bits per heavy atom. The molecule has 13 heteroatoms. The number of ether oxygens (including phenoxy) is 1. The summed E-state index contributed by atoms with van der Waals surface area (Å²) in [7, 11) is 1.29. The number of hydrogen-bond acceptors (Lipinski definition) is 7. The van der Waals surface area contributed by atoms with E-state index in [1.165, 1.54) is 25.5 Å². The topological polar surface area (TPSA) is 165 Å². The van der Waals surface area contributed by atoms with Crippen molar-refractivity contribution in [1.29, 1.82) is 0 Å². The molecule has 5 rings (SSSR count). The first-order valence-corrected chi connectivity index (χ1v) is 18.8. The number of carbonyl (C=O) groups excluding carboxylic acids is 4. The van der Waals surface area contributed by atoms with E-state index in [-0.39, 0.29) is 41.6 Å². The zero-order valence-electron chi connectivity index (χ0n) is 32.5. The summed E-state index contributed by atoms with van der Waals surface area (Å²) in [5, 5.41) is 4.09. The number of hydrazine groups is 1. The van der Waals surface area contributed by atoms with E-state index in [2.05, 4.69) is 43.8 Å². The van der Waals surface area contributed by atoms with Crippen LogP contribution >= 0.6 is 0 Å². The number of amides is 4. The molecule has 13 nitrogen and oxygen atoms in total. The van der Waals surface area contributed by atoms with Crippen molar-refractivity contribution in [2.45, 2.75) is 97.7 Å². The molecule has 3 aromatic rings. The lowest BCUT2D eigenvalue weighted by Gasteiger charge is -2.30. The highest BCUT2D eigenvalue weighted by Crippen LogP contribution is 2.33. The minimum absolute atomic E-state index is 0.00333. The molecule has 4 amide bonds. The number of methoxy groups -OCH3 is 1. The van der Waals surface area contributed by atoms with Gasteiger partial charge in [-0.3, -0.25) is 24.8 Å². The molecular formula is C41H56N8O5. The van der Waals surface area contributed by atoms with E-state index >= 15 is 0 Å². The molecule has 2 atom stereocenters. The Labute approximate surface area is 318 Å². The summed E-state index contributed by atoms with van der Waals surface area (Å²) in [5.74, 6) is 0.510. The number of carbonyl (C=O) groups is 4. The lowest BCUT2D eigenvalue weighted by Crippen LogP contribution is -2.51. The van der Waals surface area contributed by atoms with Crippen molar-refractivity contribution in [2.75, 3.05) is 13.7 Å². The highest BCUT2D eigenvalue weighted by molar-refractivity contribution is 5.86. The number of aromatic amines is 2. The number of imidazole rings is 2. The second-order valence-electron chi connectivity index (χ2n) is 14.4. The van der Waals surface area contributed by atoms with Crippen molar-refractivity contribution in [1.82, 2.24) is 40.6 Å². The minimum atomic E-state index is -0.663. The van der Waals surface area contributed by atoms with E-state index in [1.54, 1.807) is 23.6 Å². The van der Waals surface area contributed by atoms with Crippen molar-refractivity contribution in [3.05, 3.63) is 85.4 Å². The minimum Gasteiger partial charge on any atom is -0.453 e. The molecule has 2 unspecified atom stereocenters. The summed E-state index contributed by atoms with van der Waals surface area (Å²) in [6.07, 6.45) is 15.4. The Hall–Kier alpha value is -5.46. The summed E-state index contributed by atoms with van der Waals surface area (Å²) in [5.41, 5.74) is 8.12. The van der Waals surface area contributed by atoms with Crippen LogP contribution in [0.1, 0.15) is 103 Å². The molecule has 0 spiro atoms. The number of aromatic nitrogens is 4. The lowest BCUT2D eigenvalue weighted by atomic mass is 9.89. The summed E-state index contributed by atoms with van der Waals surface area (Å²) in [6.45, 7) is 17.9. The molecule has 1 aliphatic carbocycles. The van der Waals surface area contributed by atoms with E-state index in [0.717, 1.165) is 78.0 Å². The maximum absolute atomic E-state index is 13.4. The molecule has 4 N–H and O–H groups in total. The monoisotopic (exact) mass is 740 g/mol. The second kappa shape index (κ2) is 19.6. The Morgan fingerprint density at radius 1 is 0.963 bits per heavy atom. The van der Waals surface area contributed by atoms with Crippen LogP contribution in [0, 0.1) is 11.8 Å². The number of allylic oxidation sites excluding steroid dienone is 4. The third-order valence-electron chi connectivity index (χ3n) is 9.80. The quantitative estimate of drug-likeness (QED) is 0.122. The molecule has 2 fully saturated rings. The van der Waals surface area contributed by atoms with Gasteiger partial charge in [0.25, 0.3) is 0 Å². The van der Waals surface area contributed by atoms with Crippen LogP contribution in [-0.2, 0) is 19.1 Å². The van der Waals surface area contributed by atoms with E-state index in [4.69, 9.17) is 4.74 Å². The molecule has 1 aromatic carbocycles. The number of hydrogen-bond donors (Lipinski definition) is 4. The third-order valence-corrected chi connectivity index (χ3v) is 9.80. The molecule has 1 saturated heterocycles. The van der Waals surface area contributed by atoms with Crippen LogP contribution in [0.3, 0.4) is 0 Å². The SMILES string of the molecule is C=C(/C=C\C(=C)c1cnc[nH]1)c1ccc(-c2cnc(C3CCCN3C(=O)C(NC(=O)OC)C(C)C)[nH]2)cc1.CC(=O)N(NC(=O)C1CCCCC1)C(C)C. The fourth-order valence-corrected chi connectivity index (χ4v) is 6.67. The van der Waals surface area contributed by atoms with E-state index in [1.807, 2.05) is 64.1 Å². The molecule has 3 heterocycles.